The Kier molecular flexibility index (Phi) is 3.81. The minimum Gasteiger partial charge on any atom is -0.495 e. The predicted octanol–water partition coefficient (Wildman–Crippen LogP) is 5.18. The lowest BCUT2D eigenvalue weighted by Crippen LogP contribution is -2.05. The number of methoxy groups -OCH3 is 1. The van der Waals surface area contributed by atoms with Crippen molar-refractivity contribution in [3.8, 4) is 5.75 Å². The van der Waals surface area contributed by atoms with Crippen LogP contribution in [0.25, 0.3) is 0 Å². The maximum atomic E-state index is 6.23. The fraction of sp³-hybridized carbons (Fsp3) is 0.333. The molecule has 0 radical (unpaired) electrons. The molecule has 0 spiro atoms. The normalized spacial score (nSPS) is 16.7. The molecule has 0 aliphatic carbocycles. The molecule has 110 valence electrons. The molecule has 0 saturated carbocycles. The van der Waals surface area contributed by atoms with Crippen LogP contribution in [0.3, 0.4) is 0 Å². The lowest BCUT2D eigenvalue weighted by molar-refractivity contribution is 0.415. The minimum atomic E-state index is 0.283. The van der Waals surface area contributed by atoms with Gasteiger partial charge in [-0.25, -0.2) is 0 Å². The summed E-state index contributed by atoms with van der Waals surface area (Å²) in [6, 6.07) is 13.0. The van der Waals surface area contributed by atoms with Crippen LogP contribution in [0.4, 0.5) is 5.69 Å². The summed E-state index contributed by atoms with van der Waals surface area (Å²) in [5.74, 6) is 1.28. The first-order valence-electron chi connectivity index (χ1n) is 7.31. The highest BCUT2D eigenvalue weighted by atomic mass is 35.5. The van der Waals surface area contributed by atoms with Gasteiger partial charge in [0.1, 0.15) is 5.75 Å². The van der Waals surface area contributed by atoms with Gasteiger partial charge in [0.2, 0.25) is 0 Å². The smallest absolute Gasteiger partial charge is 0.137 e. The van der Waals surface area contributed by atoms with Gasteiger partial charge in [-0.2, -0.15) is 0 Å². The number of halogens is 1. The van der Waals surface area contributed by atoms with Crippen molar-refractivity contribution in [1.82, 2.24) is 0 Å². The van der Waals surface area contributed by atoms with Crippen molar-refractivity contribution < 1.29 is 4.74 Å². The average Bonchev–Trinajstić information content (AvgIpc) is 2.89. The summed E-state index contributed by atoms with van der Waals surface area (Å²) in [6.07, 6.45) is 0.999. The third-order valence-electron chi connectivity index (χ3n) is 4.13. The SMILES string of the molecule is COc1ccc(C2Cc3cc(C(C)C)ccc3N2)cc1Cl. The maximum absolute atomic E-state index is 6.23. The van der Waals surface area contributed by atoms with E-state index in [4.69, 9.17) is 16.3 Å². The average molecular weight is 302 g/mol. The van der Waals surface area contributed by atoms with Crippen molar-refractivity contribution >= 4 is 17.3 Å². The first-order valence-corrected chi connectivity index (χ1v) is 7.69. The Morgan fingerprint density at radius 3 is 2.67 bits per heavy atom. The molecule has 0 fully saturated rings. The van der Waals surface area contributed by atoms with Gasteiger partial charge >= 0.3 is 0 Å². The molecule has 1 aliphatic rings. The van der Waals surface area contributed by atoms with Gasteiger partial charge in [0.05, 0.1) is 18.2 Å². The van der Waals surface area contributed by atoms with Crippen LogP contribution in [-0.2, 0) is 6.42 Å². The van der Waals surface area contributed by atoms with Gasteiger partial charge in [-0.1, -0.05) is 43.6 Å². The molecule has 2 nitrogen and oxygen atoms in total. The largest absolute Gasteiger partial charge is 0.495 e. The Bertz CT molecular complexity index is 666. The Labute approximate surface area is 131 Å². The van der Waals surface area contributed by atoms with Gasteiger partial charge in [0.15, 0.2) is 0 Å². The molecular weight excluding hydrogens is 282 g/mol. The molecule has 1 heterocycles. The highest BCUT2D eigenvalue weighted by Gasteiger charge is 2.23. The molecule has 0 aromatic heterocycles. The lowest BCUT2D eigenvalue weighted by Gasteiger charge is -2.13. The molecule has 1 aliphatic heterocycles. The fourth-order valence-electron chi connectivity index (χ4n) is 2.84. The summed E-state index contributed by atoms with van der Waals surface area (Å²) in [4.78, 5) is 0. The number of hydrogen-bond acceptors (Lipinski definition) is 2. The van der Waals surface area contributed by atoms with Crippen molar-refractivity contribution in [1.29, 1.82) is 0 Å². The number of hydrogen-bond donors (Lipinski definition) is 1. The minimum absolute atomic E-state index is 0.283. The standard InChI is InChI=1S/C18H20ClNO/c1-11(2)12-4-6-16-14(8-12)10-17(20-16)13-5-7-18(21-3)15(19)9-13/h4-9,11,17,20H,10H2,1-3H3. The van der Waals surface area contributed by atoms with Gasteiger partial charge in [-0.3, -0.25) is 0 Å². The van der Waals surface area contributed by atoms with Gasteiger partial charge in [-0.15, -0.1) is 0 Å². The Morgan fingerprint density at radius 1 is 1.19 bits per heavy atom. The molecule has 1 atom stereocenters. The van der Waals surface area contributed by atoms with Crippen LogP contribution in [-0.4, -0.2) is 7.11 Å². The zero-order chi connectivity index (χ0) is 15.0. The monoisotopic (exact) mass is 301 g/mol. The van der Waals surface area contributed by atoms with E-state index in [-0.39, 0.29) is 6.04 Å². The van der Waals surface area contributed by atoms with Crippen LogP contribution in [0, 0.1) is 0 Å². The molecule has 2 aromatic rings. The molecule has 2 aromatic carbocycles. The van der Waals surface area contributed by atoms with Gasteiger partial charge in [0.25, 0.3) is 0 Å². The first kappa shape index (κ1) is 14.3. The Hall–Kier alpha value is -1.67. The van der Waals surface area contributed by atoms with Crippen LogP contribution in [0.1, 0.15) is 42.5 Å². The molecule has 3 heteroatoms. The van der Waals surface area contributed by atoms with Crippen LogP contribution in [0.2, 0.25) is 5.02 Å². The fourth-order valence-corrected chi connectivity index (χ4v) is 3.11. The van der Waals surface area contributed by atoms with Gasteiger partial charge in [0, 0.05) is 5.69 Å². The third kappa shape index (κ3) is 2.73. The summed E-state index contributed by atoms with van der Waals surface area (Å²) in [5, 5.41) is 4.24. The number of nitrogens with one attached hydrogen (secondary N) is 1. The van der Waals surface area contributed by atoms with Crippen molar-refractivity contribution in [2.45, 2.75) is 32.2 Å². The summed E-state index contributed by atoms with van der Waals surface area (Å²) < 4.78 is 5.21. The van der Waals surface area contributed by atoms with Crippen molar-refractivity contribution in [3.05, 3.63) is 58.1 Å². The molecule has 0 amide bonds. The lowest BCUT2D eigenvalue weighted by atomic mass is 9.97. The highest BCUT2D eigenvalue weighted by molar-refractivity contribution is 6.32. The third-order valence-corrected chi connectivity index (χ3v) is 4.42. The van der Waals surface area contributed by atoms with E-state index in [1.165, 1.54) is 22.4 Å². The molecule has 3 rings (SSSR count). The topological polar surface area (TPSA) is 21.3 Å². The second-order valence-electron chi connectivity index (χ2n) is 5.87. The number of rotatable bonds is 3. The van der Waals surface area contributed by atoms with Crippen molar-refractivity contribution in [2.75, 3.05) is 12.4 Å². The number of fused-ring (bicyclic) bond motifs is 1. The molecule has 1 unspecified atom stereocenters. The van der Waals surface area contributed by atoms with E-state index in [1.54, 1.807) is 7.11 Å². The summed E-state index contributed by atoms with van der Waals surface area (Å²) in [5.41, 5.74) is 5.21. The van der Waals surface area contributed by atoms with E-state index in [1.807, 2.05) is 12.1 Å². The van der Waals surface area contributed by atoms with Crippen molar-refractivity contribution in [2.24, 2.45) is 0 Å². The summed E-state index contributed by atoms with van der Waals surface area (Å²) >= 11 is 6.23. The van der Waals surface area contributed by atoms with Crippen LogP contribution in [0.15, 0.2) is 36.4 Å². The first-order chi connectivity index (χ1) is 10.1. The molecule has 0 bridgehead atoms. The predicted molar refractivity (Wildman–Crippen MR) is 88.6 cm³/mol. The molecule has 21 heavy (non-hydrogen) atoms. The quantitative estimate of drug-likeness (QED) is 0.843. The number of benzene rings is 2. The molecular formula is C18H20ClNO. The maximum Gasteiger partial charge on any atom is 0.137 e. The van der Waals surface area contributed by atoms with Gasteiger partial charge in [-0.05, 0) is 47.2 Å². The van der Waals surface area contributed by atoms with E-state index >= 15 is 0 Å². The second-order valence-corrected chi connectivity index (χ2v) is 6.27. The Balaban J connectivity index is 1.85. The molecule has 0 saturated heterocycles. The zero-order valence-corrected chi connectivity index (χ0v) is 13.4. The van der Waals surface area contributed by atoms with E-state index < -0.39 is 0 Å². The van der Waals surface area contributed by atoms with Crippen molar-refractivity contribution in [3.63, 3.8) is 0 Å². The van der Waals surface area contributed by atoms with E-state index in [9.17, 15) is 0 Å². The Morgan fingerprint density at radius 2 is 2.00 bits per heavy atom. The van der Waals surface area contributed by atoms with Crippen LogP contribution >= 0.6 is 11.6 Å². The summed E-state index contributed by atoms with van der Waals surface area (Å²) in [7, 11) is 1.64. The highest BCUT2D eigenvalue weighted by Crippen LogP contribution is 2.37. The zero-order valence-electron chi connectivity index (χ0n) is 12.6. The molecule has 1 N–H and O–H groups in total. The number of ether oxygens (including phenoxy) is 1. The number of anilines is 1. The van der Waals surface area contributed by atoms with E-state index in [2.05, 4.69) is 43.4 Å². The second kappa shape index (κ2) is 5.61. The van der Waals surface area contributed by atoms with Gasteiger partial charge < -0.3 is 10.1 Å². The van der Waals surface area contributed by atoms with E-state index in [0.717, 1.165) is 12.2 Å². The van der Waals surface area contributed by atoms with E-state index in [0.29, 0.717) is 10.9 Å². The van der Waals surface area contributed by atoms with Crippen LogP contribution < -0.4 is 10.1 Å². The van der Waals surface area contributed by atoms with Crippen LogP contribution in [0.5, 0.6) is 5.75 Å². The summed E-state index contributed by atoms with van der Waals surface area (Å²) in [6.45, 7) is 4.45.